The Balaban J connectivity index is 1.83. The van der Waals surface area contributed by atoms with Gasteiger partial charge in [0.25, 0.3) is 5.91 Å². The number of hydrogen-bond donors (Lipinski definition) is 0. The van der Waals surface area contributed by atoms with Crippen LogP contribution in [0.5, 0.6) is 0 Å². The van der Waals surface area contributed by atoms with Crippen molar-refractivity contribution in [2.45, 2.75) is 25.1 Å². The summed E-state index contributed by atoms with van der Waals surface area (Å²) in [7, 11) is -7.13. The van der Waals surface area contributed by atoms with Crippen molar-refractivity contribution in [2.24, 2.45) is 0 Å². The lowest BCUT2D eigenvalue weighted by Gasteiger charge is -2.32. The van der Waals surface area contributed by atoms with E-state index in [1.807, 2.05) is 0 Å². The molecule has 1 fully saturated rings. The molecule has 1 atom stereocenters. The van der Waals surface area contributed by atoms with E-state index in [9.17, 15) is 26.4 Å². The Bertz CT molecular complexity index is 955. The highest BCUT2D eigenvalue weighted by Gasteiger charge is 2.39. The molecule has 2 aliphatic rings. The van der Waals surface area contributed by atoms with Crippen LogP contribution in [0, 0.1) is 0 Å². The second kappa shape index (κ2) is 6.66. The fraction of sp³-hybridized carbons (Fsp3) is 0.500. The molecule has 1 saturated heterocycles. The van der Waals surface area contributed by atoms with Gasteiger partial charge < -0.3 is 4.90 Å². The SMILES string of the molecule is CCN(C(=O)CN1C(=O)c2ccccc2CS1(=O)=O)C1CCS(=O)(=O)C1. The molecule has 0 spiro atoms. The van der Waals surface area contributed by atoms with Crippen LogP contribution in [0.1, 0.15) is 29.3 Å². The van der Waals surface area contributed by atoms with E-state index in [-0.39, 0.29) is 29.4 Å². The van der Waals surface area contributed by atoms with E-state index in [4.69, 9.17) is 0 Å². The lowest BCUT2D eigenvalue weighted by Crippen LogP contribution is -2.50. The standard InChI is InChI=1S/C16H20N2O6S2/c1-2-17(13-7-8-25(21,22)11-13)15(19)9-18-16(20)14-6-4-3-5-12(14)10-26(18,23)24/h3-6,13H,2,7-11H2,1H3. The predicted molar refractivity (Wildman–Crippen MR) is 94.5 cm³/mol. The van der Waals surface area contributed by atoms with Gasteiger partial charge in [-0.05, 0) is 25.0 Å². The second-order valence-corrected chi connectivity index (χ2v) is 10.6. The first-order valence-corrected chi connectivity index (χ1v) is 11.7. The minimum absolute atomic E-state index is 0.00969. The number of sulfone groups is 1. The minimum atomic E-state index is -3.95. The highest BCUT2D eigenvalue weighted by atomic mass is 32.2. The highest BCUT2D eigenvalue weighted by molar-refractivity contribution is 7.91. The summed E-state index contributed by atoms with van der Waals surface area (Å²) in [5.41, 5.74) is 0.678. The summed E-state index contributed by atoms with van der Waals surface area (Å²) < 4.78 is 48.9. The van der Waals surface area contributed by atoms with Crippen molar-refractivity contribution in [1.82, 2.24) is 9.21 Å². The van der Waals surface area contributed by atoms with Crippen molar-refractivity contribution in [2.75, 3.05) is 24.6 Å². The van der Waals surface area contributed by atoms with Crippen LogP contribution < -0.4 is 0 Å². The number of hydrogen-bond acceptors (Lipinski definition) is 6. The number of carbonyl (C=O) groups excluding carboxylic acids is 2. The zero-order chi connectivity index (χ0) is 19.1. The molecule has 1 aromatic rings. The molecule has 8 nitrogen and oxygen atoms in total. The number of sulfonamides is 1. The molecule has 1 unspecified atom stereocenters. The molecule has 2 amide bonds. The van der Waals surface area contributed by atoms with Gasteiger partial charge >= 0.3 is 0 Å². The van der Waals surface area contributed by atoms with Gasteiger partial charge in [0.2, 0.25) is 15.9 Å². The van der Waals surface area contributed by atoms with Gasteiger partial charge in [-0.1, -0.05) is 18.2 Å². The smallest absolute Gasteiger partial charge is 0.268 e. The van der Waals surface area contributed by atoms with Crippen LogP contribution >= 0.6 is 0 Å². The maximum atomic E-state index is 12.7. The molecule has 1 aromatic carbocycles. The average Bonchev–Trinajstić information content (AvgIpc) is 2.91. The first kappa shape index (κ1) is 18.8. The van der Waals surface area contributed by atoms with Crippen molar-refractivity contribution in [3.63, 3.8) is 0 Å². The molecule has 0 bridgehead atoms. The van der Waals surface area contributed by atoms with E-state index >= 15 is 0 Å². The van der Waals surface area contributed by atoms with Gasteiger partial charge in [-0.15, -0.1) is 0 Å². The second-order valence-electron chi connectivity index (χ2n) is 6.46. The van der Waals surface area contributed by atoms with Gasteiger partial charge in [-0.25, -0.2) is 21.1 Å². The zero-order valence-corrected chi connectivity index (χ0v) is 15.9. The Labute approximate surface area is 152 Å². The number of fused-ring (bicyclic) bond motifs is 1. The maximum absolute atomic E-state index is 12.7. The lowest BCUT2D eigenvalue weighted by molar-refractivity contribution is -0.132. The molecule has 142 valence electrons. The number of rotatable bonds is 4. The summed E-state index contributed by atoms with van der Waals surface area (Å²) in [6, 6.07) is 5.92. The molecular weight excluding hydrogens is 380 g/mol. The Morgan fingerprint density at radius 1 is 1.23 bits per heavy atom. The van der Waals surface area contributed by atoms with E-state index in [0.717, 1.165) is 0 Å². The Hall–Kier alpha value is -1.94. The Morgan fingerprint density at radius 3 is 2.54 bits per heavy atom. The fourth-order valence-electron chi connectivity index (χ4n) is 3.43. The van der Waals surface area contributed by atoms with E-state index in [1.54, 1.807) is 25.1 Å². The number of nitrogens with zero attached hydrogens (tertiary/aromatic N) is 2. The molecule has 0 aromatic heterocycles. The molecule has 2 heterocycles. The van der Waals surface area contributed by atoms with E-state index in [2.05, 4.69) is 0 Å². The third-order valence-corrected chi connectivity index (χ3v) is 8.13. The Morgan fingerprint density at radius 2 is 1.92 bits per heavy atom. The average molecular weight is 400 g/mol. The van der Waals surface area contributed by atoms with Crippen LogP contribution in [0.4, 0.5) is 0 Å². The van der Waals surface area contributed by atoms with E-state index in [1.165, 1.54) is 11.0 Å². The van der Waals surface area contributed by atoms with Gasteiger partial charge in [0.15, 0.2) is 9.84 Å². The maximum Gasteiger partial charge on any atom is 0.268 e. The van der Waals surface area contributed by atoms with Gasteiger partial charge in [-0.2, -0.15) is 0 Å². The molecule has 0 aliphatic carbocycles. The molecule has 0 N–H and O–H groups in total. The van der Waals surface area contributed by atoms with E-state index in [0.29, 0.717) is 16.3 Å². The van der Waals surface area contributed by atoms with Crippen molar-refractivity contribution in [3.05, 3.63) is 35.4 Å². The first-order valence-electron chi connectivity index (χ1n) is 8.27. The summed E-state index contributed by atoms with van der Waals surface area (Å²) >= 11 is 0. The quantitative estimate of drug-likeness (QED) is 0.704. The number of benzene rings is 1. The fourth-order valence-corrected chi connectivity index (χ4v) is 6.62. The molecular formula is C16H20N2O6S2. The summed E-state index contributed by atoms with van der Waals surface area (Å²) in [5, 5.41) is 0. The predicted octanol–water partition coefficient (Wildman–Crippen LogP) is 0.00780. The van der Waals surface area contributed by atoms with Gasteiger partial charge in [-0.3, -0.25) is 9.59 Å². The highest BCUT2D eigenvalue weighted by Crippen LogP contribution is 2.25. The van der Waals surface area contributed by atoms with Crippen LogP contribution in [0.3, 0.4) is 0 Å². The lowest BCUT2D eigenvalue weighted by atomic mass is 10.1. The minimum Gasteiger partial charge on any atom is -0.337 e. The van der Waals surface area contributed by atoms with Gasteiger partial charge in [0.1, 0.15) is 6.54 Å². The van der Waals surface area contributed by atoms with Crippen molar-refractivity contribution >= 4 is 31.7 Å². The molecule has 26 heavy (non-hydrogen) atoms. The van der Waals surface area contributed by atoms with Crippen molar-refractivity contribution in [1.29, 1.82) is 0 Å². The first-order chi connectivity index (χ1) is 12.1. The summed E-state index contributed by atoms with van der Waals surface area (Å²) in [5.74, 6) is -1.75. The Kier molecular flexibility index (Phi) is 4.82. The summed E-state index contributed by atoms with van der Waals surface area (Å²) in [6.07, 6.45) is 0.325. The van der Waals surface area contributed by atoms with Crippen molar-refractivity contribution in [3.8, 4) is 0 Å². The zero-order valence-electron chi connectivity index (χ0n) is 14.3. The van der Waals surface area contributed by atoms with E-state index < -0.39 is 44.3 Å². The van der Waals surface area contributed by atoms with Crippen LogP contribution in [0.2, 0.25) is 0 Å². The van der Waals surface area contributed by atoms with Gasteiger partial charge in [0.05, 0.1) is 17.3 Å². The van der Waals surface area contributed by atoms with Crippen LogP contribution in [0.15, 0.2) is 24.3 Å². The monoisotopic (exact) mass is 400 g/mol. The molecule has 10 heteroatoms. The number of amides is 2. The topological polar surface area (TPSA) is 109 Å². The normalized spacial score (nSPS) is 23.5. The van der Waals surface area contributed by atoms with Crippen LogP contribution in [-0.4, -0.2) is 68.5 Å². The third-order valence-electron chi connectivity index (χ3n) is 4.74. The summed E-state index contributed by atoms with van der Waals surface area (Å²) in [4.78, 5) is 26.6. The number of carbonyl (C=O) groups is 2. The molecule has 0 saturated carbocycles. The van der Waals surface area contributed by atoms with Crippen LogP contribution in [-0.2, 0) is 30.4 Å². The summed E-state index contributed by atoms with van der Waals surface area (Å²) in [6.45, 7) is 1.34. The van der Waals surface area contributed by atoms with Crippen molar-refractivity contribution < 1.29 is 26.4 Å². The number of likely N-dealkylation sites (N-methyl/N-ethyl adjacent to an activating group) is 1. The molecule has 0 radical (unpaired) electrons. The largest absolute Gasteiger partial charge is 0.337 e. The van der Waals surface area contributed by atoms with Crippen LogP contribution in [0.25, 0.3) is 0 Å². The molecule has 2 aliphatic heterocycles. The van der Waals surface area contributed by atoms with Gasteiger partial charge in [0, 0.05) is 18.2 Å². The third kappa shape index (κ3) is 3.48. The molecule has 3 rings (SSSR count).